The van der Waals surface area contributed by atoms with Gasteiger partial charge in [0.15, 0.2) is 0 Å². The van der Waals surface area contributed by atoms with E-state index < -0.39 is 23.6 Å². The van der Waals surface area contributed by atoms with Crippen LogP contribution in [0, 0.1) is 28.6 Å². The molecule has 76 valence electrons. The van der Waals surface area contributed by atoms with Gasteiger partial charge < -0.3 is 0 Å². The summed E-state index contributed by atoms with van der Waals surface area (Å²) >= 11 is 0. The van der Waals surface area contributed by atoms with Crippen LogP contribution in [0.2, 0.25) is 0 Å². The molecule has 0 fully saturated rings. The molecule has 0 saturated heterocycles. The van der Waals surface area contributed by atoms with E-state index in [2.05, 4.69) is 4.98 Å². The fourth-order valence-electron chi connectivity index (χ4n) is 1.04. The Morgan fingerprint density at radius 1 is 1.40 bits per heavy atom. The Kier molecular flexibility index (Phi) is 3.25. The van der Waals surface area contributed by atoms with Gasteiger partial charge in [-0.25, -0.2) is 13.8 Å². The molecule has 0 aliphatic heterocycles. The number of halogens is 3. The van der Waals surface area contributed by atoms with Crippen molar-refractivity contribution in [3.63, 3.8) is 0 Å². The fraction of sp³-hybridized carbons (Fsp3) is 0.222. The van der Waals surface area contributed by atoms with Crippen LogP contribution in [0.3, 0.4) is 0 Å². The van der Waals surface area contributed by atoms with Gasteiger partial charge in [-0.3, -0.25) is 0 Å². The van der Waals surface area contributed by atoms with E-state index in [0.29, 0.717) is 0 Å². The Morgan fingerprint density at radius 2 is 2.07 bits per heavy atom. The number of aromatic nitrogens is 1. The van der Waals surface area contributed by atoms with Gasteiger partial charge in [-0.15, -0.1) is 0 Å². The normalized spacial score (nSPS) is 9.73. The van der Waals surface area contributed by atoms with Crippen LogP contribution < -0.4 is 0 Å². The topological polar surface area (TPSA) is 60.5 Å². The van der Waals surface area contributed by atoms with E-state index in [4.69, 9.17) is 10.5 Å². The summed E-state index contributed by atoms with van der Waals surface area (Å²) < 4.78 is 37.4. The summed E-state index contributed by atoms with van der Waals surface area (Å²) in [4.78, 5) is 2.94. The second kappa shape index (κ2) is 4.43. The van der Waals surface area contributed by atoms with Gasteiger partial charge in [-0.1, -0.05) is 0 Å². The quantitative estimate of drug-likeness (QED) is 0.703. The van der Waals surface area contributed by atoms with Crippen molar-refractivity contribution >= 4 is 0 Å². The van der Waals surface area contributed by atoms with E-state index >= 15 is 0 Å². The zero-order valence-corrected chi connectivity index (χ0v) is 7.34. The van der Waals surface area contributed by atoms with Crippen molar-refractivity contribution < 1.29 is 13.2 Å². The number of hydrogen-bond donors (Lipinski definition) is 0. The molecule has 0 aromatic carbocycles. The molecule has 0 N–H and O–H groups in total. The van der Waals surface area contributed by atoms with Crippen molar-refractivity contribution in [1.82, 2.24) is 4.98 Å². The standard InChI is InChI=1S/C9H4F3N3/c10-8(11)7-3-5(1-2-13)6(4-14)9(12)15-7/h3,8H,1H2. The number of alkyl halides is 2. The second-order valence-corrected chi connectivity index (χ2v) is 2.62. The molecule has 0 saturated carbocycles. The van der Waals surface area contributed by atoms with Crippen molar-refractivity contribution in [2.24, 2.45) is 0 Å². The molecule has 0 spiro atoms. The van der Waals surface area contributed by atoms with E-state index in [-0.39, 0.29) is 12.0 Å². The number of hydrogen-bond acceptors (Lipinski definition) is 3. The number of rotatable bonds is 2. The molecule has 0 bridgehead atoms. The largest absolute Gasteiger partial charge is 0.280 e. The van der Waals surface area contributed by atoms with Crippen LogP contribution in [-0.2, 0) is 6.42 Å². The Bertz CT molecular complexity index is 457. The highest BCUT2D eigenvalue weighted by molar-refractivity contribution is 5.39. The zero-order valence-electron chi connectivity index (χ0n) is 7.34. The van der Waals surface area contributed by atoms with E-state index in [1.165, 1.54) is 6.07 Å². The average Bonchev–Trinajstić information content (AvgIpc) is 2.17. The van der Waals surface area contributed by atoms with Gasteiger partial charge in [0.25, 0.3) is 6.43 Å². The van der Waals surface area contributed by atoms with Crippen LogP contribution in [0.5, 0.6) is 0 Å². The molecule has 0 aliphatic carbocycles. The predicted octanol–water partition coefficient (Wildman–Crippen LogP) is 2.10. The van der Waals surface area contributed by atoms with Crippen LogP contribution >= 0.6 is 0 Å². The summed E-state index contributed by atoms with van der Waals surface area (Å²) in [6.07, 6.45) is -3.23. The van der Waals surface area contributed by atoms with Crippen molar-refractivity contribution in [3.8, 4) is 12.1 Å². The molecule has 3 nitrogen and oxygen atoms in total. The third-order valence-electron chi connectivity index (χ3n) is 1.68. The van der Waals surface area contributed by atoms with Crippen LogP contribution in [0.25, 0.3) is 0 Å². The monoisotopic (exact) mass is 211 g/mol. The molecule has 0 atom stereocenters. The van der Waals surface area contributed by atoms with Crippen LogP contribution in [-0.4, -0.2) is 4.98 Å². The van der Waals surface area contributed by atoms with Gasteiger partial charge in [0.2, 0.25) is 5.95 Å². The molecule has 15 heavy (non-hydrogen) atoms. The number of nitriles is 2. The minimum atomic E-state index is -2.93. The lowest BCUT2D eigenvalue weighted by Gasteiger charge is -2.04. The lowest BCUT2D eigenvalue weighted by molar-refractivity contribution is 0.144. The van der Waals surface area contributed by atoms with Crippen LogP contribution in [0.1, 0.15) is 23.2 Å². The smallest absolute Gasteiger partial charge is 0.218 e. The maximum Gasteiger partial charge on any atom is 0.280 e. The van der Waals surface area contributed by atoms with Gasteiger partial charge in [-0.2, -0.15) is 14.9 Å². The summed E-state index contributed by atoms with van der Waals surface area (Å²) in [5, 5.41) is 16.9. The second-order valence-electron chi connectivity index (χ2n) is 2.62. The molecule has 1 aromatic heterocycles. The van der Waals surface area contributed by atoms with Crippen molar-refractivity contribution in [1.29, 1.82) is 10.5 Å². The first-order valence-electron chi connectivity index (χ1n) is 3.84. The molecule has 0 unspecified atom stereocenters. The Morgan fingerprint density at radius 3 is 2.53 bits per heavy atom. The van der Waals surface area contributed by atoms with E-state index in [1.54, 1.807) is 6.07 Å². The van der Waals surface area contributed by atoms with Gasteiger partial charge in [0.1, 0.15) is 17.3 Å². The summed E-state index contributed by atoms with van der Waals surface area (Å²) in [6.45, 7) is 0. The molecule has 0 aliphatic rings. The van der Waals surface area contributed by atoms with Crippen LogP contribution in [0.4, 0.5) is 13.2 Å². The van der Waals surface area contributed by atoms with Crippen LogP contribution in [0.15, 0.2) is 6.07 Å². The maximum atomic E-state index is 13.0. The van der Waals surface area contributed by atoms with Crippen molar-refractivity contribution in [3.05, 3.63) is 28.8 Å². The highest BCUT2D eigenvalue weighted by Crippen LogP contribution is 2.21. The fourth-order valence-corrected chi connectivity index (χ4v) is 1.04. The van der Waals surface area contributed by atoms with E-state index in [9.17, 15) is 13.2 Å². The highest BCUT2D eigenvalue weighted by Gasteiger charge is 2.17. The van der Waals surface area contributed by atoms with Gasteiger partial charge in [0, 0.05) is 0 Å². The summed E-state index contributed by atoms with van der Waals surface area (Å²) in [6, 6.07) is 4.01. The first-order valence-corrected chi connectivity index (χ1v) is 3.84. The molecular formula is C9H4F3N3. The molecule has 1 rings (SSSR count). The first kappa shape index (κ1) is 11.0. The lowest BCUT2D eigenvalue weighted by atomic mass is 10.1. The van der Waals surface area contributed by atoms with Crippen molar-refractivity contribution in [2.45, 2.75) is 12.8 Å². The van der Waals surface area contributed by atoms with Gasteiger partial charge in [-0.05, 0) is 11.6 Å². The summed E-state index contributed by atoms with van der Waals surface area (Å²) in [5.41, 5.74) is -1.29. The minimum absolute atomic E-state index is 0.0669. The van der Waals surface area contributed by atoms with Gasteiger partial charge in [0.05, 0.1) is 12.5 Å². The number of nitrogens with zero attached hydrogens (tertiary/aromatic N) is 3. The third-order valence-corrected chi connectivity index (χ3v) is 1.68. The Hall–Kier alpha value is -2.08. The summed E-state index contributed by atoms with van der Waals surface area (Å²) in [5.74, 6) is -1.26. The SMILES string of the molecule is N#CCc1cc(C(F)F)nc(F)c1C#N. The third kappa shape index (κ3) is 2.23. The molecular weight excluding hydrogens is 207 g/mol. The Balaban J connectivity index is 3.35. The molecule has 1 aromatic rings. The molecule has 0 radical (unpaired) electrons. The molecule has 6 heteroatoms. The van der Waals surface area contributed by atoms with Crippen molar-refractivity contribution in [2.75, 3.05) is 0 Å². The maximum absolute atomic E-state index is 13.0. The minimum Gasteiger partial charge on any atom is -0.218 e. The van der Waals surface area contributed by atoms with Gasteiger partial charge >= 0.3 is 0 Å². The highest BCUT2D eigenvalue weighted by atomic mass is 19.3. The Labute approximate surface area is 83.4 Å². The average molecular weight is 211 g/mol. The number of pyridine rings is 1. The molecule has 0 amide bonds. The molecule has 1 heterocycles. The summed E-state index contributed by atoms with van der Waals surface area (Å²) in [7, 11) is 0. The predicted molar refractivity (Wildman–Crippen MR) is 43.2 cm³/mol. The zero-order chi connectivity index (χ0) is 11.4. The van der Waals surface area contributed by atoms with E-state index in [1.807, 2.05) is 0 Å². The van der Waals surface area contributed by atoms with E-state index in [0.717, 1.165) is 6.07 Å². The lowest BCUT2D eigenvalue weighted by Crippen LogP contribution is -2.02. The first-order chi connectivity index (χ1) is 7.10.